The summed E-state index contributed by atoms with van der Waals surface area (Å²) in [6, 6.07) is 7.59. The third kappa shape index (κ3) is 3.04. The van der Waals surface area contributed by atoms with Gasteiger partial charge in [0.2, 0.25) is 0 Å². The number of halogens is 1. The maximum atomic E-state index is 12.2. The predicted molar refractivity (Wildman–Crippen MR) is 77.1 cm³/mol. The highest BCUT2D eigenvalue weighted by atomic mass is 127. The Morgan fingerprint density at radius 3 is 2.88 bits per heavy atom. The van der Waals surface area contributed by atoms with Gasteiger partial charge in [-0.25, -0.2) is 4.98 Å². The molecule has 0 N–H and O–H groups in total. The summed E-state index contributed by atoms with van der Waals surface area (Å²) in [6.45, 7) is 0.549. The fourth-order valence-corrected chi connectivity index (χ4v) is 2.64. The topological polar surface area (TPSA) is 33.2 Å². The molecule has 0 unspecified atom stereocenters. The molecule has 1 aromatic carbocycles. The molecule has 1 amide bonds. The SMILES string of the molecule is CN(Cc1cscn1)C(=O)c1ccccc1I. The number of hydrogen-bond donors (Lipinski definition) is 0. The van der Waals surface area contributed by atoms with Gasteiger partial charge < -0.3 is 4.90 Å². The van der Waals surface area contributed by atoms with Crippen molar-refractivity contribution in [1.82, 2.24) is 9.88 Å². The van der Waals surface area contributed by atoms with Crippen molar-refractivity contribution in [2.45, 2.75) is 6.54 Å². The number of nitrogens with zero attached hydrogens (tertiary/aromatic N) is 2. The van der Waals surface area contributed by atoms with Crippen molar-refractivity contribution in [3.05, 3.63) is 50.0 Å². The third-order valence-electron chi connectivity index (χ3n) is 2.33. The van der Waals surface area contributed by atoms with Gasteiger partial charge in [-0.3, -0.25) is 4.79 Å². The molecule has 3 nitrogen and oxygen atoms in total. The Kier molecular flexibility index (Phi) is 4.11. The Bertz CT molecular complexity index is 513. The molecule has 0 atom stereocenters. The van der Waals surface area contributed by atoms with E-state index in [0.29, 0.717) is 6.54 Å². The second kappa shape index (κ2) is 5.59. The standard InChI is InChI=1S/C12H11IN2OS/c1-15(6-9-7-17-8-14-9)12(16)10-4-2-3-5-11(10)13/h2-5,7-8H,6H2,1H3. The van der Waals surface area contributed by atoms with Crippen molar-refractivity contribution in [3.63, 3.8) is 0 Å². The molecule has 1 aromatic heterocycles. The smallest absolute Gasteiger partial charge is 0.255 e. The molecule has 2 rings (SSSR count). The predicted octanol–water partition coefficient (Wildman–Crippen LogP) is 3.02. The summed E-state index contributed by atoms with van der Waals surface area (Å²) < 4.78 is 0.972. The Morgan fingerprint density at radius 2 is 2.24 bits per heavy atom. The number of benzene rings is 1. The van der Waals surface area contributed by atoms with E-state index < -0.39 is 0 Å². The minimum atomic E-state index is 0.0306. The van der Waals surface area contributed by atoms with E-state index in [4.69, 9.17) is 0 Å². The Labute approximate surface area is 118 Å². The largest absolute Gasteiger partial charge is 0.336 e. The first-order valence-corrected chi connectivity index (χ1v) is 7.07. The van der Waals surface area contributed by atoms with Crippen LogP contribution in [0.2, 0.25) is 0 Å². The maximum absolute atomic E-state index is 12.2. The summed E-state index contributed by atoms with van der Waals surface area (Å²) in [5.74, 6) is 0.0306. The van der Waals surface area contributed by atoms with E-state index in [1.165, 1.54) is 0 Å². The molecular weight excluding hydrogens is 347 g/mol. The van der Waals surface area contributed by atoms with Crippen LogP contribution in [-0.2, 0) is 6.54 Å². The van der Waals surface area contributed by atoms with Crippen LogP contribution in [0.15, 0.2) is 35.2 Å². The van der Waals surface area contributed by atoms with E-state index in [2.05, 4.69) is 27.6 Å². The normalized spacial score (nSPS) is 10.2. The number of carbonyl (C=O) groups is 1. The molecule has 0 aliphatic rings. The molecule has 0 saturated carbocycles. The van der Waals surface area contributed by atoms with Crippen molar-refractivity contribution in [2.75, 3.05) is 7.05 Å². The summed E-state index contributed by atoms with van der Waals surface area (Å²) >= 11 is 3.72. The van der Waals surface area contributed by atoms with Gasteiger partial charge >= 0.3 is 0 Å². The first-order valence-electron chi connectivity index (χ1n) is 5.05. The summed E-state index contributed by atoms with van der Waals surface area (Å²) in [7, 11) is 1.80. The van der Waals surface area contributed by atoms with E-state index in [1.807, 2.05) is 29.6 Å². The molecule has 5 heteroatoms. The number of aromatic nitrogens is 1. The lowest BCUT2D eigenvalue weighted by molar-refractivity contribution is 0.0782. The van der Waals surface area contributed by atoms with Crippen molar-refractivity contribution in [3.8, 4) is 0 Å². The van der Waals surface area contributed by atoms with Crippen molar-refractivity contribution in [1.29, 1.82) is 0 Å². The first kappa shape index (κ1) is 12.5. The van der Waals surface area contributed by atoms with Gasteiger partial charge in [0.1, 0.15) is 0 Å². The minimum absolute atomic E-state index is 0.0306. The molecule has 0 aliphatic carbocycles. The van der Waals surface area contributed by atoms with Gasteiger partial charge in [-0.05, 0) is 34.7 Å². The van der Waals surface area contributed by atoms with Crippen LogP contribution in [0.1, 0.15) is 16.1 Å². The molecule has 0 radical (unpaired) electrons. The van der Waals surface area contributed by atoms with Crippen LogP contribution >= 0.6 is 33.9 Å². The molecule has 17 heavy (non-hydrogen) atoms. The Balaban J connectivity index is 2.13. The zero-order valence-electron chi connectivity index (χ0n) is 9.26. The quantitative estimate of drug-likeness (QED) is 0.791. The highest BCUT2D eigenvalue weighted by Gasteiger charge is 2.14. The van der Waals surface area contributed by atoms with Crippen LogP contribution in [-0.4, -0.2) is 22.8 Å². The summed E-state index contributed by atoms with van der Waals surface area (Å²) in [5, 5.41) is 1.96. The molecule has 0 saturated heterocycles. The van der Waals surface area contributed by atoms with Crippen LogP contribution in [0.3, 0.4) is 0 Å². The highest BCUT2D eigenvalue weighted by Crippen LogP contribution is 2.14. The summed E-state index contributed by atoms with van der Waals surface area (Å²) in [6.07, 6.45) is 0. The average molecular weight is 358 g/mol. The number of carbonyl (C=O) groups excluding carboxylic acids is 1. The van der Waals surface area contributed by atoms with Gasteiger partial charge in [-0.1, -0.05) is 12.1 Å². The van der Waals surface area contributed by atoms with Crippen LogP contribution in [0, 0.1) is 3.57 Å². The maximum Gasteiger partial charge on any atom is 0.255 e. The van der Waals surface area contributed by atoms with Crippen LogP contribution in [0.25, 0.3) is 0 Å². The lowest BCUT2D eigenvalue weighted by Gasteiger charge is -2.16. The van der Waals surface area contributed by atoms with Gasteiger partial charge in [-0.15, -0.1) is 11.3 Å². The van der Waals surface area contributed by atoms with Crippen LogP contribution in [0.4, 0.5) is 0 Å². The summed E-state index contributed by atoms with van der Waals surface area (Å²) in [4.78, 5) is 18.1. The van der Waals surface area contributed by atoms with E-state index in [0.717, 1.165) is 14.8 Å². The lowest BCUT2D eigenvalue weighted by Crippen LogP contribution is -2.26. The first-order chi connectivity index (χ1) is 8.18. The average Bonchev–Trinajstić information content (AvgIpc) is 2.81. The van der Waals surface area contributed by atoms with Crippen molar-refractivity contribution in [2.24, 2.45) is 0 Å². The van der Waals surface area contributed by atoms with Crippen molar-refractivity contribution >= 4 is 39.8 Å². The fourth-order valence-electron chi connectivity index (χ4n) is 1.47. The molecule has 0 aliphatic heterocycles. The second-order valence-corrected chi connectivity index (χ2v) is 5.50. The molecule has 88 valence electrons. The molecule has 1 heterocycles. The van der Waals surface area contributed by atoms with E-state index in [-0.39, 0.29) is 5.91 Å². The van der Waals surface area contributed by atoms with Crippen LogP contribution < -0.4 is 0 Å². The van der Waals surface area contributed by atoms with Crippen LogP contribution in [0.5, 0.6) is 0 Å². The van der Waals surface area contributed by atoms with Crippen molar-refractivity contribution < 1.29 is 4.79 Å². The third-order valence-corrected chi connectivity index (χ3v) is 3.91. The molecular formula is C12H11IN2OS. The van der Waals surface area contributed by atoms with E-state index in [9.17, 15) is 4.79 Å². The molecule has 0 fully saturated rings. The van der Waals surface area contributed by atoms with Gasteiger partial charge in [0.05, 0.1) is 23.3 Å². The van der Waals surface area contributed by atoms with Gasteiger partial charge in [0.15, 0.2) is 0 Å². The number of amides is 1. The highest BCUT2D eigenvalue weighted by molar-refractivity contribution is 14.1. The zero-order valence-corrected chi connectivity index (χ0v) is 12.2. The zero-order chi connectivity index (χ0) is 12.3. The van der Waals surface area contributed by atoms with E-state index in [1.54, 1.807) is 28.8 Å². The Hall–Kier alpha value is -0.950. The fraction of sp³-hybridized carbons (Fsp3) is 0.167. The monoisotopic (exact) mass is 358 g/mol. The van der Waals surface area contributed by atoms with Gasteiger partial charge in [0, 0.05) is 16.0 Å². The number of thiazole rings is 1. The molecule has 0 spiro atoms. The van der Waals surface area contributed by atoms with Gasteiger partial charge in [0.25, 0.3) is 5.91 Å². The summed E-state index contributed by atoms with van der Waals surface area (Å²) in [5.41, 5.74) is 3.45. The van der Waals surface area contributed by atoms with E-state index >= 15 is 0 Å². The number of hydrogen-bond acceptors (Lipinski definition) is 3. The molecule has 0 bridgehead atoms. The second-order valence-electron chi connectivity index (χ2n) is 3.62. The molecule has 2 aromatic rings. The van der Waals surface area contributed by atoms with Gasteiger partial charge in [-0.2, -0.15) is 0 Å². The Morgan fingerprint density at radius 1 is 1.47 bits per heavy atom. The number of rotatable bonds is 3. The lowest BCUT2D eigenvalue weighted by atomic mass is 10.2. The minimum Gasteiger partial charge on any atom is -0.336 e.